The van der Waals surface area contributed by atoms with Gasteiger partial charge in [0.1, 0.15) is 5.78 Å². The maximum atomic E-state index is 11.2. The van der Waals surface area contributed by atoms with Crippen molar-refractivity contribution in [3.05, 3.63) is 11.6 Å². The van der Waals surface area contributed by atoms with Gasteiger partial charge in [-0.3, -0.25) is 4.79 Å². The second-order valence-corrected chi connectivity index (χ2v) is 3.50. The second-order valence-electron chi connectivity index (χ2n) is 3.50. The summed E-state index contributed by atoms with van der Waals surface area (Å²) >= 11 is 0. The van der Waals surface area contributed by atoms with Gasteiger partial charge in [0, 0.05) is 19.3 Å². The van der Waals surface area contributed by atoms with E-state index in [1.807, 2.05) is 6.92 Å². The normalized spacial score (nSPS) is 26.9. The Kier molecular flexibility index (Phi) is 3.70. The van der Waals surface area contributed by atoms with E-state index in [1.54, 1.807) is 0 Å². The molecule has 0 amide bonds. The van der Waals surface area contributed by atoms with Gasteiger partial charge >= 0.3 is 0 Å². The van der Waals surface area contributed by atoms with Gasteiger partial charge in [-0.15, -0.1) is 0 Å². The molecule has 0 heterocycles. The van der Waals surface area contributed by atoms with E-state index >= 15 is 0 Å². The summed E-state index contributed by atoms with van der Waals surface area (Å²) in [7, 11) is 0. The third-order valence-corrected chi connectivity index (χ3v) is 2.70. The Morgan fingerprint density at radius 2 is 2.31 bits per heavy atom. The number of ketones is 1. The van der Waals surface area contributed by atoms with Crippen molar-refractivity contribution in [1.82, 2.24) is 0 Å². The van der Waals surface area contributed by atoms with Gasteiger partial charge in [-0.2, -0.15) is 5.26 Å². The molecule has 0 N–H and O–H groups in total. The van der Waals surface area contributed by atoms with Gasteiger partial charge in [0.05, 0.1) is 6.07 Å². The molecule has 0 aromatic rings. The van der Waals surface area contributed by atoms with E-state index in [0.29, 0.717) is 31.0 Å². The van der Waals surface area contributed by atoms with Crippen LogP contribution in [0.1, 0.15) is 39.0 Å². The van der Waals surface area contributed by atoms with Crippen LogP contribution in [0, 0.1) is 17.2 Å². The predicted octanol–water partition coefficient (Wildman–Crippen LogP) is 2.61. The Balaban J connectivity index is 2.68. The fraction of sp³-hybridized carbons (Fsp3) is 0.636. The molecule has 0 aromatic carbocycles. The minimum Gasteiger partial charge on any atom is -0.300 e. The molecule has 1 unspecified atom stereocenters. The molecule has 1 atom stereocenters. The van der Waals surface area contributed by atoms with Gasteiger partial charge in [-0.25, -0.2) is 0 Å². The van der Waals surface area contributed by atoms with Crippen LogP contribution in [-0.4, -0.2) is 5.78 Å². The minimum atomic E-state index is 0.335. The molecule has 0 bridgehead atoms. The summed E-state index contributed by atoms with van der Waals surface area (Å²) in [6, 6.07) is 2.19. The van der Waals surface area contributed by atoms with E-state index < -0.39 is 0 Å². The topological polar surface area (TPSA) is 40.9 Å². The molecule has 1 aliphatic carbocycles. The van der Waals surface area contributed by atoms with E-state index in [9.17, 15) is 4.79 Å². The van der Waals surface area contributed by atoms with Crippen molar-refractivity contribution in [2.24, 2.45) is 5.92 Å². The fourth-order valence-corrected chi connectivity index (χ4v) is 1.86. The van der Waals surface area contributed by atoms with Crippen molar-refractivity contribution in [2.75, 3.05) is 0 Å². The van der Waals surface area contributed by atoms with Gasteiger partial charge in [-0.1, -0.05) is 11.6 Å². The zero-order valence-electron chi connectivity index (χ0n) is 8.05. The first-order valence-electron chi connectivity index (χ1n) is 4.81. The van der Waals surface area contributed by atoms with Crippen LogP contribution in [0.15, 0.2) is 11.6 Å². The summed E-state index contributed by atoms with van der Waals surface area (Å²) in [6.07, 6.45) is 5.69. The summed E-state index contributed by atoms with van der Waals surface area (Å²) in [6.45, 7) is 2.00. The molecule has 0 aliphatic heterocycles. The third-order valence-electron chi connectivity index (χ3n) is 2.70. The fourth-order valence-electron chi connectivity index (χ4n) is 1.86. The van der Waals surface area contributed by atoms with E-state index in [1.165, 1.54) is 5.57 Å². The molecular formula is C11H15NO. The van der Waals surface area contributed by atoms with Crippen LogP contribution in [0.2, 0.25) is 0 Å². The van der Waals surface area contributed by atoms with Crippen molar-refractivity contribution < 1.29 is 4.79 Å². The lowest BCUT2D eigenvalue weighted by Crippen LogP contribution is -2.01. The monoisotopic (exact) mass is 177 g/mol. The Bertz CT molecular complexity index is 260. The number of hydrogen-bond acceptors (Lipinski definition) is 2. The maximum Gasteiger partial charge on any atom is 0.133 e. The molecule has 13 heavy (non-hydrogen) atoms. The first kappa shape index (κ1) is 9.98. The Morgan fingerprint density at radius 3 is 2.92 bits per heavy atom. The van der Waals surface area contributed by atoms with Gasteiger partial charge in [0.25, 0.3) is 0 Å². The van der Waals surface area contributed by atoms with Crippen LogP contribution in [-0.2, 0) is 4.79 Å². The average Bonchev–Trinajstić information content (AvgIpc) is 2.30. The highest BCUT2D eigenvalue weighted by Crippen LogP contribution is 2.28. The molecular weight excluding hydrogens is 162 g/mol. The standard InChI is InChI=1S/C11H15NO/c1-2-9-3-5-11(13)6-4-10(9)7-8-12/h2,10H,3-7H2,1H3/b9-2-. The summed E-state index contributed by atoms with van der Waals surface area (Å²) in [4.78, 5) is 11.2. The predicted molar refractivity (Wildman–Crippen MR) is 51.0 cm³/mol. The van der Waals surface area contributed by atoms with E-state index in [4.69, 9.17) is 5.26 Å². The summed E-state index contributed by atoms with van der Waals surface area (Å²) in [5.74, 6) is 0.682. The van der Waals surface area contributed by atoms with Crippen molar-refractivity contribution in [3.8, 4) is 6.07 Å². The number of carbonyl (C=O) groups is 1. The van der Waals surface area contributed by atoms with Crippen LogP contribution in [0.3, 0.4) is 0 Å². The van der Waals surface area contributed by atoms with Gasteiger partial charge < -0.3 is 0 Å². The van der Waals surface area contributed by atoms with Crippen molar-refractivity contribution in [1.29, 1.82) is 5.26 Å². The van der Waals surface area contributed by atoms with Crippen LogP contribution < -0.4 is 0 Å². The number of nitriles is 1. The van der Waals surface area contributed by atoms with Gasteiger partial charge in [-0.05, 0) is 25.7 Å². The summed E-state index contributed by atoms with van der Waals surface area (Å²) in [5.41, 5.74) is 1.30. The minimum absolute atomic E-state index is 0.335. The van der Waals surface area contributed by atoms with E-state index in [0.717, 1.165) is 12.8 Å². The second kappa shape index (κ2) is 4.81. The number of rotatable bonds is 1. The SMILES string of the molecule is C/C=C1/CCC(=O)CCC1CC#N. The number of nitrogens with zero attached hydrogens (tertiary/aromatic N) is 1. The average molecular weight is 177 g/mol. The molecule has 2 heteroatoms. The molecule has 0 saturated heterocycles. The Labute approximate surface area is 79.2 Å². The zero-order valence-corrected chi connectivity index (χ0v) is 8.05. The van der Waals surface area contributed by atoms with Crippen LogP contribution in [0.5, 0.6) is 0 Å². The summed E-state index contributed by atoms with van der Waals surface area (Å²) in [5, 5.41) is 8.63. The lowest BCUT2D eigenvalue weighted by Gasteiger charge is -2.12. The number of Topliss-reactive ketones (excluding diaryl/α,β-unsaturated/α-hetero) is 1. The van der Waals surface area contributed by atoms with Crippen molar-refractivity contribution in [3.63, 3.8) is 0 Å². The number of hydrogen-bond donors (Lipinski definition) is 0. The van der Waals surface area contributed by atoms with Gasteiger partial charge in [0.15, 0.2) is 0 Å². The van der Waals surface area contributed by atoms with Crippen molar-refractivity contribution >= 4 is 5.78 Å². The number of allylic oxidation sites excluding steroid dienone is 2. The molecule has 0 spiro atoms. The first-order chi connectivity index (χ1) is 6.27. The van der Waals surface area contributed by atoms with Crippen LogP contribution in [0.4, 0.5) is 0 Å². The highest BCUT2D eigenvalue weighted by atomic mass is 16.1. The van der Waals surface area contributed by atoms with E-state index in [2.05, 4.69) is 12.1 Å². The number of carbonyl (C=O) groups excluding carboxylic acids is 1. The molecule has 0 radical (unpaired) electrons. The molecule has 1 fully saturated rings. The lowest BCUT2D eigenvalue weighted by molar-refractivity contribution is -0.118. The zero-order chi connectivity index (χ0) is 9.68. The van der Waals surface area contributed by atoms with Gasteiger partial charge in [0.2, 0.25) is 0 Å². The van der Waals surface area contributed by atoms with Crippen LogP contribution in [0.25, 0.3) is 0 Å². The third kappa shape index (κ3) is 2.69. The highest BCUT2D eigenvalue weighted by Gasteiger charge is 2.19. The Morgan fingerprint density at radius 1 is 1.54 bits per heavy atom. The van der Waals surface area contributed by atoms with E-state index in [-0.39, 0.29) is 0 Å². The summed E-state index contributed by atoms with van der Waals surface area (Å²) < 4.78 is 0. The Hall–Kier alpha value is -1.10. The van der Waals surface area contributed by atoms with Crippen molar-refractivity contribution in [2.45, 2.75) is 39.0 Å². The quantitative estimate of drug-likeness (QED) is 0.456. The smallest absolute Gasteiger partial charge is 0.133 e. The molecule has 1 saturated carbocycles. The molecule has 1 aliphatic rings. The lowest BCUT2D eigenvalue weighted by atomic mass is 9.91. The first-order valence-corrected chi connectivity index (χ1v) is 4.81. The highest BCUT2D eigenvalue weighted by molar-refractivity contribution is 5.79. The maximum absolute atomic E-state index is 11.2. The van der Waals surface area contributed by atoms with Crippen LogP contribution >= 0.6 is 0 Å². The molecule has 70 valence electrons. The largest absolute Gasteiger partial charge is 0.300 e. The molecule has 1 rings (SSSR count). The molecule has 0 aromatic heterocycles. The molecule has 2 nitrogen and oxygen atoms in total.